The van der Waals surface area contributed by atoms with Crippen LogP contribution in [-0.2, 0) is 6.54 Å². The van der Waals surface area contributed by atoms with Gasteiger partial charge >= 0.3 is 5.97 Å². The van der Waals surface area contributed by atoms with Crippen LogP contribution in [0, 0.1) is 5.95 Å². The second-order valence-electron chi connectivity index (χ2n) is 3.66. The van der Waals surface area contributed by atoms with Gasteiger partial charge in [0, 0.05) is 11.0 Å². The zero-order chi connectivity index (χ0) is 13.3. The third-order valence-corrected chi connectivity index (χ3v) is 3.27. The number of halogens is 2. The molecular weight excluding hydrogens is 303 g/mol. The van der Waals surface area contributed by atoms with Gasteiger partial charge in [0.25, 0.3) is 0 Å². The van der Waals surface area contributed by atoms with E-state index in [4.69, 9.17) is 5.11 Å². The van der Waals surface area contributed by atoms with E-state index in [1.165, 1.54) is 16.9 Å². The zero-order valence-corrected chi connectivity index (χ0v) is 11.1. The van der Waals surface area contributed by atoms with Crippen molar-refractivity contribution in [2.75, 3.05) is 0 Å². The molecule has 18 heavy (non-hydrogen) atoms. The zero-order valence-electron chi connectivity index (χ0n) is 9.52. The molecule has 0 bridgehead atoms. The van der Waals surface area contributed by atoms with Crippen molar-refractivity contribution in [3.8, 4) is 11.1 Å². The largest absolute Gasteiger partial charge is 0.478 e. The molecule has 0 saturated heterocycles. The quantitative estimate of drug-likeness (QED) is 0.947. The van der Waals surface area contributed by atoms with Crippen LogP contribution in [-0.4, -0.2) is 20.9 Å². The first-order valence-corrected chi connectivity index (χ1v) is 6.08. The van der Waals surface area contributed by atoms with E-state index in [0.717, 1.165) is 0 Å². The number of aryl methyl sites for hydroxylation is 1. The number of carboxylic acid groups (broad SMARTS) is 1. The minimum Gasteiger partial charge on any atom is -0.478 e. The second kappa shape index (κ2) is 4.89. The fourth-order valence-corrected chi connectivity index (χ4v) is 2.06. The minimum absolute atomic E-state index is 0.0937. The lowest BCUT2D eigenvalue weighted by molar-refractivity contribution is 0.0696. The summed E-state index contributed by atoms with van der Waals surface area (Å²) in [4.78, 5) is 11.0. The van der Waals surface area contributed by atoms with E-state index in [1.54, 1.807) is 19.1 Å². The van der Waals surface area contributed by atoms with Crippen LogP contribution in [0.2, 0.25) is 0 Å². The van der Waals surface area contributed by atoms with E-state index in [1.807, 2.05) is 0 Å². The molecule has 0 aliphatic carbocycles. The molecule has 0 amide bonds. The Morgan fingerprint density at radius 2 is 2.28 bits per heavy atom. The Morgan fingerprint density at radius 3 is 2.83 bits per heavy atom. The van der Waals surface area contributed by atoms with Gasteiger partial charge in [-0.3, -0.25) is 0 Å². The Balaban J connectivity index is 2.54. The molecule has 0 fully saturated rings. The minimum atomic E-state index is -1.06. The van der Waals surface area contributed by atoms with E-state index in [-0.39, 0.29) is 5.56 Å². The Labute approximate surface area is 111 Å². The Kier molecular flexibility index (Phi) is 3.47. The fraction of sp³-hybridized carbons (Fsp3) is 0.167. The highest BCUT2D eigenvalue weighted by molar-refractivity contribution is 9.10. The molecule has 0 unspecified atom stereocenters. The lowest BCUT2D eigenvalue weighted by Crippen LogP contribution is -2.00. The highest BCUT2D eigenvalue weighted by Crippen LogP contribution is 2.27. The van der Waals surface area contributed by atoms with E-state index in [0.29, 0.717) is 22.1 Å². The first-order chi connectivity index (χ1) is 8.54. The summed E-state index contributed by atoms with van der Waals surface area (Å²) in [7, 11) is 0. The molecule has 0 aliphatic heterocycles. The predicted molar refractivity (Wildman–Crippen MR) is 68.0 cm³/mol. The molecule has 1 heterocycles. The predicted octanol–water partition coefficient (Wildman–Crippen LogP) is 3.17. The van der Waals surface area contributed by atoms with Crippen LogP contribution >= 0.6 is 15.9 Å². The molecule has 0 spiro atoms. The average Bonchev–Trinajstić information content (AvgIpc) is 2.71. The number of hydrogen-bond acceptors (Lipinski definition) is 2. The van der Waals surface area contributed by atoms with Crippen molar-refractivity contribution >= 4 is 21.9 Å². The molecule has 0 radical (unpaired) electrons. The van der Waals surface area contributed by atoms with Crippen molar-refractivity contribution in [3.63, 3.8) is 0 Å². The highest BCUT2D eigenvalue weighted by Gasteiger charge is 2.15. The van der Waals surface area contributed by atoms with Crippen LogP contribution in [0.1, 0.15) is 17.3 Å². The van der Waals surface area contributed by atoms with E-state index >= 15 is 0 Å². The van der Waals surface area contributed by atoms with Crippen molar-refractivity contribution in [1.82, 2.24) is 9.78 Å². The molecule has 2 rings (SSSR count). The van der Waals surface area contributed by atoms with Gasteiger partial charge in [0.05, 0.1) is 17.3 Å². The SMILES string of the molecule is CCn1ncc(-c2ccc(Br)c(C(=O)O)c2)c1F. The summed E-state index contributed by atoms with van der Waals surface area (Å²) in [5, 5.41) is 12.9. The summed E-state index contributed by atoms with van der Waals surface area (Å²) in [5.74, 6) is -1.52. The molecule has 94 valence electrons. The third-order valence-electron chi connectivity index (χ3n) is 2.58. The fourth-order valence-electron chi connectivity index (χ4n) is 1.64. The summed E-state index contributed by atoms with van der Waals surface area (Å²) in [6.45, 7) is 2.21. The van der Waals surface area contributed by atoms with Gasteiger partial charge in [-0.25, -0.2) is 9.48 Å². The van der Waals surface area contributed by atoms with Crippen molar-refractivity contribution in [2.45, 2.75) is 13.5 Å². The van der Waals surface area contributed by atoms with Crippen LogP contribution in [0.25, 0.3) is 11.1 Å². The highest BCUT2D eigenvalue weighted by atomic mass is 79.9. The van der Waals surface area contributed by atoms with Gasteiger partial charge in [0.1, 0.15) is 0 Å². The first-order valence-electron chi connectivity index (χ1n) is 5.29. The molecule has 0 aliphatic rings. The third kappa shape index (κ3) is 2.15. The molecule has 1 aromatic heterocycles. The normalized spacial score (nSPS) is 10.6. The number of benzene rings is 1. The topological polar surface area (TPSA) is 55.1 Å². The van der Waals surface area contributed by atoms with Gasteiger partial charge < -0.3 is 5.11 Å². The summed E-state index contributed by atoms with van der Waals surface area (Å²) in [6.07, 6.45) is 1.40. The number of rotatable bonds is 3. The maximum Gasteiger partial charge on any atom is 0.336 e. The number of carbonyl (C=O) groups is 1. The monoisotopic (exact) mass is 312 g/mol. The summed E-state index contributed by atoms with van der Waals surface area (Å²) < 4.78 is 15.6. The van der Waals surface area contributed by atoms with Crippen LogP contribution in [0.4, 0.5) is 4.39 Å². The molecule has 0 saturated carbocycles. The molecule has 1 aromatic carbocycles. The molecular formula is C12H10BrFN2O2. The van der Waals surface area contributed by atoms with Gasteiger partial charge in [0.15, 0.2) is 0 Å². The van der Waals surface area contributed by atoms with Crippen molar-refractivity contribution in [2.24, 2.45) is 0 Å². The van der Waals surface area contributed by atoms with Crippen LogP contribution in [0.5, 0.6) is 0 Å². The van der Waals surface area contributed by atoms with Crippen molar-refractivity contribution < 1.29 is 14.3 Å². The summed E-state index contributed by atoms with van der Waals surface area (Å²) in [6, 6.07) is 4.66. The Morgan fingerprint density at radius 1 is 1.56 bits per heavy atom. The maximum atomic E-state index is 13.9. The molecule has 2 aromatic rings. The van der Waals surface area contributed by atoms with E-state index in [2.05, 4.69) is 21.0 Å². The maximum absolute atomic E-state index is 13.9. The van der Waals surface area contributed by atoms with E-state index < -0.39 is 11.9 Å². The van der Waals surface area contributed by atoms with Crippen molar-refractivity contribution in [3.05, 3.63) is 40.4 Å². The molecule has 1 N–H and O–H groups in total. The lowest BCUT2D eigenvalue weighted by Gasteiger charge is -2.03. The number of aromatic carboxylic acids is 1. The standard InChI is InChI=1S/C12H10BrFN2O2/c1-2-16-11(14)9(6-15-16)7-3-4-10(13)8(5-7)12(17)18/h3-6H,2H2,1H3,(H,17,18). The Hall–Kier alpha value is -1.69. The Bertz CT molecular complexity index is 610. The number of hydrogen-bond donors (Lipinski definition) is 1. The number of nitrogens with zero attached hydrogens (tertiary/aromatic N) is 2. The summed E-state index contributed by atoms with van der Waals surface area (Å²) >= 11 is 3.15. The van der Waals surface area contributed by atoms with Crippen LogP contribution < -0.4 is 0 Å². The average molecular weight is 313 g/mol. The first kappa shape index (κ1) is 12.8. The van der Waals surface area contributed by atoms with E-state index in [9.17, 15) is 9.18 Å². The summed E-state index contributed by atoms with van der Waals surface area (Å²) in [5.41, 5.74) is 0.885. The number of aromatic nitrogens is 2. The molecule has 4 nitrogen and oxygen atoms in total. The molecule has 6 heteroatoms. The van der Waals surface area contributed by atoms with Gasteiger partial charge in [0.2, 0.25) is 5.95 Å². The molecule has 0 atom stereocenters. The number of carboxylic acids is 1. The van der Waals surface area contributed by atoms with Gasteiger partial charge in [-0.15, -0.1) is 0 Å². The lowest BCUT2D eigenvalue weighted by atomic mass is 10.1. The van der Waals surface area contributed by atoms with Gasteiger partial charge in [-0.2, -0.15) is 9.49 Å². The van der Waals surface area contributed by atoms with Crippen LogP contribution in [0.3, 0.4) is 0 Å². The van der Waals surface area contributed by atoms with Gasteiger partial charge in [-0.05, 0) is 40.5 Å². The van der Waals surface area contributed by atoms with Gasteiger partial charge in [-0.1, -0.05) is 6.07 Å². The van der Waals surface area contributed by atoms with Crippen LogP contribution in [0.15, 0.2) is 28.9 Å². The van der Waals surface area contributed by atoms with Crippen molar-refractivity contribution in [1.29, 1.82) is 0 Å². The second-order valence-corrected chi connectivity index (χ2v) is 4.52. The smallest absolute Gasteiger partial charge is 0.336 e.